The van der Waals surface area contributed by atoms with E-state index in [1.165, 1.54) is 19.4 Å². The first-order valence-electron chi connectivity index (χ1n) is 9.06. The van der Waals surface area contributed by atoms with Gasteiger partial charge < -0.3 is 49.8 Å². The fourth-order valence-electron chi connectivity index (χ4n) is 3.44. The molecule has 16 heteroatoms. The molecule has 2 saturated heterocycles. The molecule has 3 rings (SSSR count). The normalized spacial score (nSPS) is 36.2. The minimum Gasteiger partial charge on any atom is -0.394 e. The van der Waals surface area contributed by atoms with E-state index in [1.807, 2.05) is 0 Å². The van der Waals surface area contributed by atoms with Crippen LogP contribution < -0.4 is 11.4 Å². The van der Waals surface area contributed by atoms with Gasteiger partial charge in [-0.25, -0.2) is 9.36 Å². The predicted octanol–water partition coefficient (Wildman–Crippen LogP) is -3.33. The number of phosphoric ester groups is 1. The Morgan fingerprint density at radius 3 is 2.48 bits per heavy atom. The van der Waals surface area contributed by atoms with Gasteiger partial charge in [0.25, 0.3) is 0 Å². The summed E-state index contributed by atoms with van der Waals surface area (Å²) in [6, 6.07) is 1.25. The maximum Gasteiger partial charge on any atom is 0.470 e. The molecule has 1 aromatic rings. The molecule has 1 aromatic heterocycles. The summed E-state index contributed by atoms with van der Waals surface area (Å²) in [5.74, 6) is -0.0920. The second-order valence-electron chi connectivity index (χ2n) is 6.91. The lowest BCUT2D eigenvalue weighted by molar-refractivity contribution is -0.190. The third kappa shape index (κ3) is 5.30. The maximum atomic E-state index is 12.1. The molecule has 0 radical (unpaired) electrons. The molecule has 31 heavy (non-hydrogen) atoms. The van der Waals surface area contributed by atoms with E-state index in [4.69, 9.17) is 24.7 Å². The number of nitrogens with zero attached hydrogens (tertiary/aromatic N) is 2. The van der Waals surface area contributed by atoms with Crippen molar-refractivity contribution < 1.29 is 53.1 Å². The molecule has 0 spiro atoms. The topological polar surface area (TPSA) is 225 Å². The summed E-state index contributed by atoms with van der Waals surface area (Å²) in [5.41, 5.74) is 4.54. The number of nitrogen functional groups attached to an aromatic ring is 1. The number of phosphoric acid groups is 1. The Bertz CT molecular complexity index is 864. The van der Waals surface area contributed by atoms with Crippen molar-refractivity contribution in [1.29, 1.82) is 0 Å². The van der Waals surface area contributed by atoms with Crippen molar-refractivity contribution in [1.82, 2.24) is 9.55 Å². The minimum absolute atomic E-state index is 0.0920. The number of ether oxygens (including phenoxy) is 4. The van der Waals surface area contributed by atoms with Crippen LogP contribution in [0.25, 0.3) is 0 Å². The van der Waals surface area contributed by atoms with Crippen LogP contribution in [0.15, 0.2) is 17.1 Å². The van der Waals surface area contributed by atoms with Crippen LogP contribution >= 0.6 is 7.82 Å². The summed E-state index contributed by atoms with van der Waals surface area (Å²) in [7, 11) is -3.77. The van der Waals surface area contributed by atoms with Gasteiger partial charge in [0, 0.05) is 13.3 Å². The number of methoxy groups -OCH3 is 1. The van der Waals surface area contributed by atoms with E-state index in [0.717, 1.165) is 4.57 Å². The third-order valence-electron chi connectivity index (χ3n) is 4.87. The smallest absolute Gasteiger partial charge is 0.394 e. The molecule has 1 unspecified atom stereocenters. The van der Waals surface area contributed by atoms with Crippen LogP contribution in [0.4, 0.5) is 5.82 Å². The zero-order valence-corrected chi connectivity index (χ0v) is 17.1. The number of rotatable bonds is 8. The number of nitrogens with two attached hydrogens (primary N) is 1. The minimum atomic E-state index is -5.09. The lowest BCUT2D eigenvalue weighted by Gasteiger charge is -2.22. The van der Waals surface area contributed by atoms with Crippen molar-refractivity contribution in [3.05, 3.63) is 22.7 Å². The Labute approximate surface area is 175 Å². The third-order valence-corrected chi connectivity index (χ3v) is 5.38. The van der Waals surface area contributed by atoms with Crippen LogP contribution in [0.2, 0.25) is 0 Å². The molecule has 0 aromatic carbocycles. The van der Waals surface area contributed by atoms with Crippen LogP contribution in [0.3, 0.4) is 0 Å². The molecule has 15 nitrogen and oxygen atoms in total. The molecule has 0 amide bonds. The monoisotopic (exact) mass is 469 g/mol. The van der Waals surface area contributed by atoms with Crippen LogP contribution in [0.1, 0.15) is 6.23 Å². The van der Waals surface area contributed by atoms with E-state index in [2.05, 4.69) is 9.51 Å². The molecule has 176 valence electrons. The second-order valence-corrected chi connectivity index (χ2v) is 8.10. The maximum absolute atomic E-state index is 12.1. The molecular formula is C15H24N3O12P. The Hall–Kier alpha value is -1.49. The zero-order valence-electron chi connectivity index (χ0n) is 16.2. The highest BCUT2D eigenvalue weighted by atomic mass is 31.2. The van der Waals surface area contributed by atoms with E-state index < -0.39 is 75.9 Å². The molecule has 8 atom stereocenters. The van der Waals surface area contributed by atoms with Gasteiger partial charge in [0.1, 0.15) is 42.4 Å². The first-order chi connectivity index (χ1) is 14.6. The second kappa shape index (κ2) is 9.56. The first-order valence-corrected chi connectivity index (χ1v) is 10.6. The number of aromatic nitrogens is 2. The fraction of sp³-hybridized carbons (Fsp3) is 0.733. The summed E-state index contributed by atoms with van der Waals surface area (Å²) < 4.78 is 38.3. The van der Waals surface area contributed by atoms with Crippen molar-refractivity contribution in [2.45, 2.75) is 49.1 Å². The van der Waals surface area contributed by atoms with E-state index in [1.54, 1.807) is 0 Å². The van der Waals surface area contributed by atoms with Gasteiger partial charge in [0.15, 0.2) is 12.5 Å². The molecule has 0 bridgehead atoms. The highest BCUT2D eigenvalue weighted by Gasteiger charge is 2.50. The first kappa shape index (κ1) is 24.2. The van der Waals surface area contributed by atoms with E-state index in [-0.39, 0.29) is 5.82 Å². The van der Waals surface area contributed by atoms with Gasteiger partial charge in [-0.15, -0.1) is 0 Å². The highest BCUT2D eigenvalue weighted by molar-refractivity contribution is 7.46. The molecule has 2 aliphatic heterocycles. The van der Waals surface area contributed by atoms with Gasteiger partial charge in [-0.2, -0.15) is 4.98 Å². The van der Waals surface area contributed by atoms with Gasteiger partial charge in [-0.3, -0.25) is 9.09 Å². The van der Waals surface area contributed by atoms with E-state index >= 15 is 0 Å². The fourth-order valence-corrected chi connectivity index (χ4v) is 3.99. The van der Waals surface area contributed by atoms with Crippen molar-refractivity contribution in [3.63, 3.8) is 0 Å². The summed E-state index contributed by atoms with van der Waals surface area (Å²) in [6.07, 6.45) is -9.06. The summed E-state index contributed by atoms with van der Waals surface area (Å²) in [5, 5.41) is 30.0. The number of aliphatic hydroxyl groups is 3. The van der Waals surface area contributed by atoms with Crippen LogP contribution in [0.5, 0.6) is 0 Å². The average molecular weight is 469 g/mol. The number of aliphatic hydroxyl groups excluding tert-OH is 3. The van der Waals surface area contributed by atoms with Gasteiger partial charge >= 0.3 is 13.5 Å². The van der Waals surface area contributed by atoms with Gasteiger partial charge in [0.05, 0.1) is 13.2 Å². The standard InChI is InChI=1S/C15H24N3O12P/c1-26-11-6(4-19)29-14(10(11)21)27-5-7-9(20)12(30-31(23,24)25)13(28-7)18-3-2-8(16)17-15(18)22/h2-3,6-7,9-14,19-21H,4-5H2,1H3,(H2,16,17,22)(H2,23,24,25)/t6-,7-,9-,10-,11+,12-,13-,14?/m1/s1. The molecule has 2 aliphatic rings. The lowest BCUT2D eigenvalue weighted by Crippen LogP contribution is -2.39. The van der Waals surface area contributed by atoms with E-state index in [9.17, 15) is 34.5 Å². The zero-order chi connectivity index (χ0) is 22.9. The molecule has 0 saturated carbocycles. The van der Waals surface area contributed by atoms with Crippen molar-refractivity contribution in [2.75, 3.05) is 26.1 Å². The molecule has 0 aliphatic carbocycles. The number of anilines is 1. The average Bonchev–Trinajstić information content (AvgIpc) is 3.16. The largest absolute Gasteiger partial charge is 0.470 e. The summed E-state index contributed by atoms with van der Waals surface area (Å²) in [4.78, 5) is 34.0. The number of hydrogen-bond donors (Lipinski definition) is 6. The highest BCUT2D eigenvalue weighted by Crippen LogP contribution is 2.44. The van der Waals surface area contributed by atoms with Gasteiger partial charge in [-0.05, 0) is 6.07 Å². The predicted molar refractivity (Wildman–Crippen MR) is 98.2 cm³/mol. The SMILES string of the molecule is CO[C@H]1[C@@H](CO)OC(OC[C@H]2O[C@@H](n3ccc(N)nc3=O)[C@H](OP(=O)(O)O)[C@@H]2O)[C@@H]1O. The van der Waals surface area contributed by atoms with Crippen molar-refractivity contribution >= 4 is 13.6 Å². The number of hydrogen-bond acceptors (Lipinski definition) is 12. The quantitative estimate of drug-likeness (QED) is 0.205. The Morgan fingerprint density at radius 2 is 1.94 bits per heavy atom. The van der Waals surface area contributed by atoms with Gasteiger partial charge in [-0.1, -0.05) is 0 Å². The molecule has 7 N–H and O–H groups in total. The van der Waals surface area contributed by atoms with Crippen LogP contribution in [-0.2, 0) is 28.0 Å². The van der Waals surface area contributed by atoms with Crippen molar-refractivity contribution in [3.8, 4) is 0 Å². The Balaban J connectivity index is 1.76. The molecule has 3 heterocycles. The summed E-state index contributed by atoms with van der Waals surface area (Å²) >= 11 is 0. The van der Waals surface area contributed by atoms with E-state index in [0.29, 0.717) is 0 Å². The van der Waals surface area contributed by atoms with Crippen molar-refractivity contribution in [2.24, 2.45) is 0 Å². The Morgan fingerprint density at radius 1 is 1.23 bits per heavy atom. The molecular weight excluding hydrogens is 445 g/mol. The molecule has 2 fully saturated rings. The van der Waals surface area contributed by atoms with Gasteiger partial charge in [0.2, 0.25) is 0 Å². The van der Waals surface area contributed by atoms with Crippen LogP contribution in [-0.4, -0.2) is 97.9 Å². The summed E-state index contributed by atoms with van der Waals surface area (Å²) in [6.45, 7) is -0.864. The van der Waals surface area contributed by atoms with Crippen LogP contribution in [0, 0.1) is 0 Å². The Kier molecular flexibility index (Phi) is 7.45. The lowest BCUT2D eigenvalue weighted by atomic mass is 10.1.